The molecule has 0 radical (unpaired) electrons. The summed E-state index contributed by atoms with van der Waals surface area (Å²) in [6, 6.07) is 8.33. The van der Waals surface area contributed by atoms with E-state index in [0.29, 0.717) is 11.5 Å². The van der Waals surface area contributed by atoms with Crippen LogP contribution >= 0.6 is 0 Å². The summed E-state index contributed by atoms with van der Waals surface area (Å²) in [5, 5.41) is 2.99. The molecule has 0 amide bonds. The number of aromatic nitrogens is 1. The summed E-state index contributed by atoms with van der Waals surface area (Å²) in [5.41, 5.74) is 7.58. The third kappa shape index (κ3) is 2.11. The number of halogens is 1. The Bertz CT molecular complexity index is 491. The average Bonchev–Trinajstić information content (AvgIpc) is 2.24. The zero-order valence-corrected chi connectivity index (χ0v) is 8.87. The molecule has 3 N–H and O–H groups in total. The molecule has 0 spiro atoms. The molecule has 1 heterocycles. The maximum Gasteiger partial charge on any atom is 0.146 e. The van der Waals surface area contributed by atoms with Crippen molar-refractivity contribution in [2.45, 2.75) is 6.92 Å². The topological polar surface area (TPSA) is 50.9 Å². The number of pyridine rings is 1. The van der Waals surface area contributed by atoms with Gasteiger partial charge in [0.25, 0.3) is 0 Å². The van der Waals surface area contributed by atoms with E-state index in [2.05, 4.69) is 10.3 Å². The molecule has 1 aromatic heterocycles. The number of benzene rings is 1. The van der Waals surface area contributed by atoms with Crippen molar-refractivity contribution in [3.8, 4) is 0 Å². The molecule has 0 fully saturated rings. The van der Waals surface area contributed by atoms with Crippen LogP contribution in [0.3, 0.4) is 0 Å². The van der Waals surface area contributed by atoms with Crippen LogP contribution in [0.5, 0.6) is 0 Å². The Morgan fingerprint density at radius 3 is 2.81 bits per heavy atom. The van der Waals surface area contributed by atoms with Gasteiger partial charge in [-0.1, -0.05) is 12.1 Å². The lowest BCUT2D eigenvalue weighted by Crippen LogP contribution is -1.98. The largest absolute Gasteiger partial charge is 0.384 e. The van der Waals surface area contributed by atoms with Gasteiger partial charge in [0.15, 0.2) is 0 Å². The number of para-hydroxylation sites is 1. The van der Waals surface area contributed by atoms with Crippen LogP contribution in [0, 0.1) is 12.7 Å². The van der Waals surface area contributed by atoms with Crippen LogP contribution in [0.15, 0.2) is 36.5 Å². The molecule has 0 saturated carbocycles. The van der Waals surface area contributed by atoms with Gasteiger partial charge < -0.3 is 11.1 Å². The molecule has 0 aliphatic rings. The van der Waals surface area contributed by atoms with Crippen LogP contribution in [0.25, 0.3) is 0 Å². The second-order valence-corrected chi connectivity index (χ2v) is 3.53. The monoisotopic (exact) mass is 217 g/mol. The molecule has 1 aromatic carbocycles. The van der Waals surface area contributed by atoms with Crippen molar-refractivity contribution >= 4 is 17.2 Å². The molecule has 2 aromatic rings. The summed E-state index contributed by atoms with van der Waals surface area (Å²) in [5.74, 6) is 0.120. The van der Waals surface area contributed by atoms with Crippen molar-refractivity contribution in [3.63, 3.8) is 0 Å². The fraction of sp³-hybridized carbons (Fsp3) is 0.0833. The van der Waals surface area contributed by atoms with Gasteiger partial charge in [0, 0.05) is 18.0 Å². The highest BCUT2D eigenvalue weighted by Gasteiger charge is 2.05. The molecular formula is C12H12FN3. The summed E-state index contributed by atoms with van der Waals surface area (Å²) in [7, 11) is 0. The third-order valence-corrected chi connectivity index (χ3v) is 2.27. The first-order valence-corrected chi connectivity index (χ1v) is 4.90. The molecule has 0 atom stereocenters. The number of nitrogens with two attached hydrogens (primary N) is 1. The van der Waals surface area contributed by atoms with E-state index in [1.165, 1.54) is 6.07 Å². The Labute approximate surface area is 93.1 Å². The van der Waals surface area contributed by atoms with Gasteiger partial charge in [-0.25, -0.2) is 9.37 Å². The van der Waals surface area contributed by atoms with E-state index < -0.39 is 0 Å². The number of hydrogen-bond donors (Lipinski definition) is 2. The van der Waals surface area contributed by atoms with E-state index in [1.807, 2.05) is 13.0 Å². The number of hydrogen-bond acceptors (Lipinski definition) is 3. The quantitative estimate of drug-likeness (QED) is 0.813. The summed E-state index contributed by atoms with van der Waals surface area (Å²) in [4.78, 5) is 3.87. The summed E-state index contributed by atoms with van der Waals surface area (Å²) in [6.45, 7) is 1.84. The van der Waals surface area contributed by atoms with Crippen LogP contribution in [0.1, 0.15) is 5.56 Å². The Morgan fingerprint density at radius 1 is 1.31 bits per heavy atom. The van der Waals surface area contributed by atoms with Gasteiger partial charge in [0.1, 0.15) is 11.6 Å². The molecule has 4 heteroatoms. The molecule has 16 heavy (non-hydrogen) atoms. The Morgan fingerprint density at radius 2 is 2.12 bits per heavy atom. The van der Waals surface area contributed by atoms with Crippen LogP contribution in [0.2, 0.25) is 0 Å². The first kappa shape index (κ1) is 10.4. The SMILES string of the molecule is Cc1cccc(F)c1Nc1ccnc(N)c1. The van der Waals surface area contributed by atoms with Crippen LogP contribution in [-0.2, 0) is 0 Å². The number of nitrogens with one attached hydrogen (secondary N) is 1. The van der Waals surface area contributed by atoms with Gasteiger partial charge in [-0.3, -0.25) is 0 Å². The maximum absolute atomic E-state index is 13.5. The zero-order chi connectivity index (χ0) is 11.5. The number of nitrogens with zero attached hydrogens (tertiary/aromatic N) is 1. The van der Waals surface area contributed by atoms with Crippen molar-refractivity contribution in [1.29, 1.82) is 0 Å². The Hall–Kier alpha value is -2.10. The Balaban J connectivity index is 2.34. The summed E-state index contributed by atoms with van der Waals surface area (Å²) in [6.07, 6.45) is 1.58. The first-order valence-electron chi connectivity index (χ1n) is 4.90. The zero-order valence-electron chi connectivity index (χ0n) is 8.87. The standard InChI is InChI=1S/C12H12FN3/c1-8-3-2-4-10(13)12(8)16-9-5-6-15-11(14)7-9/h2-7H,1H3,(H3,14,15,16). The van der Waals surface area contributed by atoms with E-state index in [1.54, 1.807) is 24.4 Å². The van der Waals surface area contributed by atoms with E-state index in [-0.39, 0.29) is 5.82 Å². The summed E-state index contributed by atoms with van der Waals surface area (Å²) < 4.78 is 13.5. The first-order chi connectivity index (χ1) is 7.66. The fourth-order valence-electron chi connectivity index (χ4n) is 1.46. The predicted molar refractivity (Wildman–Crippen MR) is 63.1 cm³/mol. The smallest absolute Gasteiger partial charge is 0.146 e. The van der Waals surface area contributed by atoms with E-state index in [4.69, 9.17) is 5.73 Å². The van der Waals surface area contributed by atoms with Crippen LogP contribution in [0.4, 0.5) is 21.6 Å². The third-order valence-electron chi connectivity index (χ3n) is 2.27. The van der Waals surface area contributed by atoms with E-state index in [9.17, 15) is 4.39 Å². The van der Waals surface area contributed by atoms with Gasteiger partial charge in [0.2, 0.25) is 0 Å². The lowest BCUT2D eigenvalue weighted by Gasteiger charge is -2.10. The molecule has 0 saturated heterocycles. The maximum atomic E-state index is 13.5. The lowest BCUT2D eigenvalue weighted by molar-refractivity contribution is 0.631. The van der Waals surface area contributed by atoms with Crippen molar-refractivity contribution < 1.29 is 4.39 Å². The van der Waals surface area contributed by atoms with Gasteiger partial charge in [-0.2, -0.15) is 0 Å². The second kappa shape index (κ2) is 4.18. The minimum Gasteiger partial charge on any atom is -0.384 e. The Kier molecular flexibility index (Phi) is 2.72. The molecular weight excluding hydrogens is 205 g/mol. The minimum atomic E-state index is -0.282. The van der Waals surface area contributed by atoms with Crippen molar-refractivity contribution in [3.05, 3.63) is 47.9 Å². The molecule has 0 bridgehead atoms. The van der Waals surface area contributed by atoms with Crippen molar-refractivity contribution in [1.82, 2.24) is 4.98 Å². The molecule has 0 aliphatic carbocycles. The lowest BCUT2D eigenvalue weighted by atomic mass is 10.2. The fourth-order valence-corrected chi connectivity index (χ4v) is 1.46. The highest BCUT2D eigenvalue weighted by Crippen LogP contribution is 2.23. The van der Waals surface area contributed by atoms with E-state index in [0.717, 1.165) is 11.3 Å². The van der Waals surface area contributed by atoms with Crippen LogP contribution < -0.4 is 11.1 Å². The highest BCUT2D eigenvalue weighted by atomic mass is 19.1. The second-order valence-electron chi connectivity index (χ2n) is 3.53. The van der Waals surface area contributed by atoms with Crippen molar-refractivity contribution in [2.75, 3.05) is 11.1 Å². The van der Waals surface area contributed by atoms with E-state index >= 15 is 0 Å². The van der Waals surface area contributed by atoms with Gasteiger partial charge >= 0.3 is 0 Å². The molecule has 0 aliphatic heterocycles. The number of aryl methyl sites for hydroxylation is 1. The van der Waals surface area contributed by atoms with Gasteiger partial charge in [-0.15, -0.1) is 0 Å². The summed E-state index contributed by atoms with van der Waals surface area (Å²) >= 11 is 0. The number of rotatable bonds is 2. The molecule has 2 rings (SSSR count). The number of anilines is 3. The predicted octanol–water partition coefficient (Wildman–Crippen LogP) is 2.85. The molecule has 3 nitrogen and oxygen atoms in total. The molecule has 82 valence electrons. The average molecular weight is 217 g/mol. The number of nitrogen functional groups attached to an aromatic ring is 1. The molecule has 0 unspecified atom stereocenters. The highest BCUT2D eigenvalue weighted by molar-refractivity contribution is 5.65. The van der Waals surface area contributed by atoms with Gasteiger partial charge in [0.05, 0.1) is 5.69 Å². The van der Waals surface area contributed by atoms with Crippen molar-refractivity contribution in [2.24, 2.45) is 0 Å². The van der Waals surface area contributed by atoms with Gasteiger partial charge in [-0.05, 0) is 24.6 Å². The normalized spacial score (nSPS) is 10.1. The minimum absolute atomic E-state index is 0.282. The van der Waals surface area contributed by atoms with Crippen LogP contribution in [-0.4, -0.2) is 4.98 Å².